The molecule has 0 aliphatic carbocycles. The number of benzene rings is 1. The molecule has 0 aromatic heterocycles. The van der Waals surface area contributed by atoms with Gasteiger partial charge in [-0.1, -0.05) is 24.6 Å². The highest BCUT2D eigenvalue weighted by Gasteiger charge is 2.17. The number of sulfone groups is 1. The number of nitrogens with zero attached hydrogens (tertiary/aromatic N) is 2. The van der Waals surface area contributed by atoms with E-state index in [0.29, 0.717) is 23.4 Å². The number of guanidine groups is 1. The van der Waals surface area contributed by atoms with E-state index >= 15 is 0 Å². The van der Waals surface area contributed by atoms with Gasteiger partial charge in [0, 0.05) is 32.2 Å². The van der Waals surface area contributed by atoms with Gasteiger partial charge in [0.05, 0.1) is 10.6 Å². The van der Waals surface area contributed by atoms with Crippen LogP contribution in [-0.2, 0) is 9.84 Å². The summed E-state index contributed by atoms with van der Waals surface area (Å²) in [6.07, 6.45) is 4.95. The van der Waals surface area contributed by atoms with Crippen molar-refractivity contribution in [2.24, 2.45) is 4.99 Å². The van der Waals surface area contributed by atoms with Crippen molar-refractivity contribution in [3.05, 3.63) is 30.3 Å². The van der Waals surface area contributed by atoms with Crippen LogP contribution in [0.5, 0.6) is 0 Å². The summed E-state index contributed by atoms with van der Waals surface area (Å²) in [5, 5.41) is 6.33. The van der Waals surface area contributed by atoms with Gasteiger partial charge < -0.3 is 15.5 Å². The van der Waals surface area contributed by atoms with E-state index in [-0.39, 0.29) is 5.75 Å². The standard InChI is InChI=1S/C20H34N4O2S/c1-3-21-20(22-13-9-16-24-15-8-7-10-18(24)2)23-14-17-27(25,26)19-11-5-4-6-12-19/h4-6,11-12,18H,3,7-10,13-17H2,1-2H3,(H2,21,22,23). The van der Waals surface area contributed by atoms with Crippen molar-refractivity contribution in [1.29, 1.82) is 0 Å². The molecule has 6 nitrogen and oxygen atoms in total. The van der Waals surface area contributed by atoms with Crippen LogP contribution in [0.1, 0.15) is 39.5 Å². The third-order valence-electron chi connectivity index (χ3n) is 4.92. The lowest BCUT2D eigenvalue weighted by Crippen LogP contribution is -2.40. The van der Waals surface area contributed by atoms with Gasteiger partial charge in [0.25, 0.3) is 0 Å². The van der Waals surface area contributed by atoms with Crippen molar-refractivity contribution in [2.75, 3.05) is 38.5 Å². The molecule has 2 N–H and O–H groups in total. The molecule has 2 rings (SSSR count). The van der Waals surface area contributed by atoms with Gasteiger partial charge in [-0.25, -0.2) is 8.42 Å². The van der Waals surface area contributed by atoms with Crippen LogP contribution in [0.25, 0.3) is 0 Å². The number of likely N-dealkylation sites (tertiary alicyclic amines) is 1. The topological polar surface area (TPSA) is 73.8 Å². The Balaban J connectivity index is 1.76. The number of piperidine rings is 1. The summed E-state index contributed by atoms with van der Waals surface area (Å²) in [5.74, 6) is 0.736. The van der Waals surface area contributed by atoms with Crippen molar-refractivity contribution in [2.45, 2.75) is 50.5 Å². The number of hydrogen-bond acceptors (Lipinski definition) is 4. The lowest BCUT2D eigenvalue weighted by molar-refractivity contribution is 0.160. The van der Waals surface area contributed by atoms with E-state index in [1.807, 2.05) is 13.0 Å². The number of rotatable bonds is 9. The average Bonchev–Trinajstić information content (AvgIpc) is 2.67. The van der Waals surface area contributed by atoms with Gasteiger partial charge in [0.2, 0.25) is 0 Å². The Hall–Kier alpha value is -1.60. The minimum atomic E-state index is -3.27. The predicted octanol–water partition coefficient (Wildman–Crippen LogP) is 2.28. The third kappa shape index (κ3) is 7.50. The van der Waals surface area contributed by atoms with Crippen LogP contribution in [0, 0.1) is 0 Å². The van der Waals surface area contributed by atoms with E-state index in [2.05, 4.69) is 27.4 Å². The Morgan fingerprint density at radius 1 is 1.22 bits per heavy atom. The van der Waals surface area contributed by atoms with Gasteiger partial charge in [0.1, 0.15) is 0 Å². The van der Waals surface area contributed by atoms with Gasteiger partial charge in [-0.2, -0.15) is 0 Å². The quantitative estimate of drug-likeness (QED) is 0.382. The molecule has 0 bridgehead atoms. The largest absolute Gasteiger partial charge is 0.357 e. The SMILES string of the molecule is CCNC(=NCCCN1CCCCC1C)NCCS(=O)(=O)c1ccccc1. The van der Waals surface area contributed by atoms with Crippen molar-refractivity contribution in [1.82, 2.24) is 15.5 Å². The lowest BCUT2D eigenvalue weighted by Gasteiger charge is -2.33. The van der Waals surface area contributed by atoms with E-state index in [1.165, 1.54) is 25.8 Å². The van der Waals surface area contributed by atoms with Crippen molar-refractivity contribution < 1.29 is 8.42 Å². The summed E-state index contributed by atoms with van der Waals surface area (Å²) < 4.78 is 24.7. The number of aliphatic imine (C=N–C) groups is 1. The Kier molecular flexibility index (Phi) is 9.07. The molecule has 1 aromatic carbocycles. The molecule has 1 aliphatic rings. The lowest BCUT2D eigenvalue weighted by atomic mass is 10.0. The molecule has 1 saturated heterocycles. The van der Waals surface area contributed by atoms with E-state index in [9.17, 15) is 8.42 Å². The molecule has 152 valence electrons. The van der Waals surface area contributed by atoms with E-state index in [1.54, 1.807) is 24.3 Å². The van der Waals surface area contributed by atoms with Crippen molar-refractivity contribution in [3.8, 4) is 0 Å². The van der Waals surface area contributed by atoms with Crippen LogP contribution in [0.2, 0.25) is 0 Å². The predicted molar refractivity (Wildman–Crippen MR) is 112 cm³/mol. The Bertz CT molecular complexity index is 676. The van der Waals surface area contributed by atoms with Crippen LogP contribution in [0.15, 0.2) is 40.2 Å². The van der Waals surface area contributed by atoms with Crippen molar-refractivity contribution in [3.63, 3.8) is 0 Å². The number of hydrogen-bond donors (Lipinski definition) is 2. The Morgan fingerprint density at radius 2 is 2.00 bits per heavy atom. The highest BCUT2D eigenvalue weighted by molar-refractivity contribution is 7.91. The first kappa shape index (κ1) is 21.7. The summed E-state index contributed by atoms with van der Waals surface area (Å²) >= 11 is 0. The van der Waals surface area contributed by atoms with E-state index in [4.69, 9.17) is 0 Å². The molecule has 1 heterocycles. The summed E-state index contributed by atoms with van der Waals surface area (Å²) in [7, 11) is -3.27. The fourth-order valence-corrected chi connectivity index (χ4v) is 4.52. The van der Waals surface area contributed by atoms with Crippen molar-refractivity contribution >= 4 is 15.8 Å². The molecule has 1 fully saturated rings. The molecule has 1 unspecified atom stereocenters. The molecule has 1 aliphatic heterocycles. The summed E-state index contributed by atoms with van der Waals surface area (Å²) in [5.41, 5.74) is 0. The molecule has 0 saturated carbocycles. The zero-order valence-electron chi connectivity index (χ0n) is 16.7. The summed E-state index contributed by atoms with van der Waals surface area (Å²) in [6, 6.07) is 9.26. The second-order valence-corrected chi connectivity index (χ2v) is 9.16. The van der Waals surface area contributed by atoms with Crippen LogP contribution in [0.4, 0.5) is 0 Å². The average molecular weight is 395 g/mol. The molecule has 7 heteroatoms. The van der Waals surface area contributed by atoms with Crippen LogP contribution in [-0.4, -0.2) is 63.8 Å². The maximum absolute atomic E-state index is 12.3. The van der Waals surface area contributed by atoms with Gasteiger partial charge >= 0.3 is 0 Å². The fourth-order valence-electron chi connectivity index (χ4n) is 3.35. The molecule has 0 spiro atoms. The smallest absolute Gasteiger partial charge is 0.191 e. The van der Waals surface area contributed by atoms with Gasteiger partial charge in [0.15, 0.2) is 15.8 Å². The third-order valence-corrected chi connectivity index (χ3v) is 6.66. The minimum Gasteiger partial charge on any atom is -0.357 e. The highest BCUT2D eigenvalue weighted by atomic mass is 32.2. The minimum absolute atomic E-state index is 0.0483. The molecule has 27 heavy (non-hydrogen) atoms. The van der Waals surface area contributed by atoms with E-state index < -0.39 is 9.84 Å². The molecular weight excluding hydrogens is 360 g/mol. The Labute approximate surface area is 164 Å². The van der Waals surface area contributed by atoms with Gasteiger partial charge in [-0.3, -0.25) is 4.99 Å². The second-order valence-electron chi connectivity index (χ2n) is 7.05. The molecular formula is C20H34N4O2S. The normalized spacial score (nSPS) is 19.0. The molecule has 0 radical (unpaired) electrons. The monoisotopic (exact) mass is 394 g/mol. The molecule has 1 aromatic rings. The summed E-state index contributed by atoms with van der Waals surface area (Å²) in [6.45, 7) is 8.41. The van der Waals surface area contributed by atoms with Crippen LogP contribution >= 0.6 is 0 Å². The summed E-state index contributed by atoms with van der Waals surface area (Å²) in [4.78, 5) is 7.50. The highest BCUT2D eigenvalue weighted by Crippen LogP contribution is 2.16. The maximum atomic E-state index is 12.3. The first-order valence-corrected chi connectivity index (χ1v) is 11.7. The maximum Gasteiger partial charge on any atom is 0.191 e. The first-order valence-electron chi connectivity index (χ1n) is 10.1. The van der Waals surface area contributed by atoms with Crippen LogP contribution < -0.4 is 10.6 Å². The fraction of sp³-hybridized carbons (Fsp3) is 0.650. The Morgan fingerprint density at radius 3 is 2.70 bits per heavy atom. The van der Waals surface area contributed by atoms with Crippen LogP contribution in [0.3, 0.4) is 0 Å². The van der Waals surface area contributed by atoms with Gasteiger partial charge in [-0.05, 0) is 51.8 Å². The number of nitrogens with one attached hydrogen (secondary N) is 2. The zero-order valence-corrected chi connectivity index (χ0v) is 17.5. The molecule has 0 amide bonds. The zero-order chi connectivity index (χ0) is 19.5. The molecule has 1 atom stereocenters. The van der Waals surface area contributed by atoms with E-state index in [0.717, 1.165) is 26.1 Å². The first-order chi connectivity index (χ1) is 13.0. The van der Waals surface area contributed by atoms with Gasteiger partial charge in [-0.15, -0.1) is 0 Å². The second kappa shape index (κ2) is 11.3.